The topological polar surface area (TPSA) is 28.2 Å². The molecule has 3 heteroatoms. The van der Waals surface area contributed by atoms with Crippen molar-refractivity contribution < 1.29 is 0 Å². The summed E-state index contributed by atoms with van der Waals surface area (Å²) in [5.74, 6) is 0. The molecule has 0 saturated carbocycles. The van der Waals surface area contributed by atoms with Crippen LogP contribution >= 0.6 is 0 Å². The summed E-state index contributed by atoms with van der Waals surface area (Å²) >= 11 is 0. The second-order valence-electron chi connectivity index (χ2n) is 7.10. The van der Waals surface area contributed by atoms with E-state index in [0.717, 1.165) is 12.2 Å². The van der Waals surface area contributed by atoms with E-state index in [9.17, 15) is 0 Å². The third kappa shape index (κ3) is 3.95. The molecule has 0 amide bonds. The van der Waals surface area contributed by atoms with E-state index in [1.165, 1.54) is 37.1 Å². The maximum Gasteiger partial charge on any atom is 0.0447 e. The van der Waals surface area contributed by atoms with E-state index >= 15 is 0 Å². The Morgan fingerprint density at radius 3 is 2.75 bits per heavy atom. The van der Waals surface area contributed by atoms with Gasteiger partial charge >= 0.3 is 0 Å². The summed E-state index contributed by atoms with van der Waals surface area (Å²) in [7, 11) is 0. The Morgan fingerprint density at radius 2 is 2.10 bits per heavy atom. The van der Waals surface area contributed by atoms with Crippen molar-refractivity contribution in [1.82, 2.24) is 10.3 Å². The summed E-state index contributed by atoms with van der Waals surface area (Å²) < 4.78 is 0. The summed E-state index contributed by atoms with van der Waals surface area (Å²) in [5.41, 5.74) is 3.94. The Kier molecular flexibility index (Phi) is 4.69. The van der Waals surface area contributed by atoms with Gasteiger partial charge in [0.25, 0.3) is 0 Å². The van der Waals surface area contributed by atoms with Crippen molar-refractivity contribution in [3.05, 3.63) is 23.5 Å². The minimum absolute atomic E-state index is 0.135. The molecule has 0 radical (unpaired) electrons. The van der Waals surface area contributed by atoms with Gasteiger partial charge in [-0.15, -0.1) is 0 Å². The molecule has 1 aliphatic heterocycles. The summed E-state index contributed by atoms with van der Waals surface area (Å²) in [6, 6.07) is 2.89. The molecule has 2 rings (SSSR count). The molecular weight excluding hydrogens is 246 g/mol. The van der Waals surface area contributed by atoms with Gasteiger partial charge in [0.05, 0.1) is 0 Å². The maximum atomic E-state index is 4.49. The predicted octanol–water partition coefficient (Wildman–Crippen LogP) is 3.66. The number of rotatable bonds is 3. The van der Waals surface area contributed by atoms with Gasteiger partial charge in [0, 0.05) is 47.8 Å². The SMILES string of the molecule is Cc1cc(N2CCCCC2C)c(CNC(C)(C)C)cn1. The second-order valence-corrected chi connectivity index (χ2v) is 7.10. The van der Waals surface area contributed by atoms with Crippen LogP contribution in [0.1, 0.15) is 58.2 Å². The lowest BCUT2D eigenvalue weighted by Crippen LogP contribution is -2.39. The smallest absolute Gasteiger partial charge is 0.0447 e. The average molecular weight is 275 g/mol. The van der Waals surface area contributed by atoms with E-state index < -0.39 is 0 Å². The normalized spacial score (nSPS) is 20.2. The molecule has 1 aromatic heterocycles. The fraction of sp³-hybridized carbons (Fsp3) is 0.706. The fourth-order valence-electron chi connectivity index (χ4n) is 2.79. The van der Waals surface area contributed by atoms with Crippen molar-refractivity contribution >= 4 is 5.69 Å². The molecule has 0 aromatic carbocycles. The highest BCUT2D eigenvalue weighted by molar-refractivity contribution is 5.54. The van der Waals surface area contributed by atoms with Crippen LogP contribution in [0, 0.1) is 6.92 Å². The highest BCUT2D eigenvalue weighted by atomic mass is 15.2. The van der Waals surface area contributed by atoms with Gasteiger partial charge in [0.1, 0.15) is 0 Å². The number of hydrogen-bond donors (Lipinski definition) is 1. The number of nitrogens with zero attached hydrogens (tertiary/aromatic N) is 2. The third-order valence-electron chi connectivity index (χ3n) is 4.02. The Balaban J connectivity index is 2.23. The molecule has 112 valence electrons. The predicted molar refractivity (Wildman–Crippen MR) is 86.2 cm³/mol. The zero-order chi connectivity index (χ0) is 14.8. The van der Waals surface area contributed by atoms with Gasteiger partial charge in [-0.2, -0.15) is 0 Å². The van der Waals surface area contributed by atoms with Gasteiger partial charge in [0.15, 0.2) is 0 Å². The quantitative estimate of drug-likeness (QED) is 0.912. The average Bonchev–Trinajstić information content (AvgIpc) is 2.37. The maximum absolute atomic E-state index is 4.49. The van der Waals surface area contributed by atoms with E-state index in [1.54, 1.807) is 0 Å². The molecule has 1 unspecified atom stereocenters. The molecule has 0 spiro atoms. The van der Waals surface area contributed by atoms with Gasteiger partial charge in [-0.05, 0) is 59.9 Å². The molecule has 3 nitrogen and oxygen atoms in total. The molecule has 1 aromatic rings. The summed E-state index contributed by atoms with van der Waals surface area (Å²) in [5, 5.41) is 3.59. The van der Waals surface area contributed by atoms with Gasteiger partial charge < -0.3 is 10.2 Å². The van der Waals surface area contributed by atoms with Crippen molar-refractivity contribution in [2.75, 3.05) is 11.4 Å². The van der Waals surface area contributed by atoms with Gasteiger partial charge in [-0.1, -0.05) is 0 Å². The van der Waals surface area contributed by atoms with Crippen LogP contribution in [0.3, 0.4) is 0 Å². The summed E-state index contributed by atoms with van der Waals surface area (Å²) in [6.45, 7) is 13.1. The molecule has 1 atom stereocenters. The number of anilines is 1. The first-order valence-electron chi connectivity index (χ1n) is 7.84. The lowest BCUT2D eigenvalue weighted by atomic mass is 10.0. The molecule has 2 heterocycles. The molecule has 1 N–H and O–H groups in total. The first-order valence-corrected chi connectivity index (χ1v) is 7.84. The van der Waals surface area contributed by atoms with Crippen LogP contribution in [-0.2, 0) is 6.54 Å². The monoisotopic (exact) mass is 275 g/mol. The summed E-state index contributed by atoms with van der Waals surface area (Å²) in [4.78, 5) is 7.06. The van der Waals surface area contributed by atoms with Crippen LogP contribution in [0.5, 0.6) is 0 Å². The first-order chi connectivity index (χ1) is 9.37. The second kappa shape index (κ2) is 6.13. The van der Waals surface area contributed by atoms with Crippen LogP contribution < -0.4 is 10.2 Å². The third-order valence-corrected chi connectivity index (χ3v) is 4.02. The number of nitrogens with one attached hydrogen (secondary N) is 1. The lowest BCUT2D eigenvalue weighted by Gasteiger charge is -2.37. The molecular formula is C17H29N3. The number of aryl methyl sites for hydroxylation is 1. The van der Waals surface area contributed by atoms with Crippen LogP contribution in [0.25, 0.3) is 0 Å². The molecule has 1 aliphatic rings. The van der Waals surface area contributed by atoms with Gasteiger partial charge in [-0.3, -0.25) is 4.98 Å². The highest BCUT2D eigenvalue weighted by Gasteiger charge is 2.21. The molecule has 0 aliphatic carbocycles. The van der Waals surface area contributed by atoms with E-state index in [4.69, 9.17) is 0 Å². The van der Waals surface area contributed by atoms with Gasteiger partial charge in [0.2, 0.25) is 0 Å². The van der Waals surface area contributed by atoms with E-state index in [1.807, 2.05) is 6.20 Å². The van der Waals surface area contributed by atoms with Gasteiger partial charge in [-0.25, -0.2) is 0 Å². The standard InChI is InChI=1S/C17H29N3/c1-13-10-16(20-9-7-6-8-14(20)2)15(11-18-13)12-19-17(3,4)5/h10-11,14,19H,6-9,12H2,1-5H3. The van der Waals surface area contributed by atoms with Crippen molar-refractivity contribution in [1.29, 1.82) is 0 Å². The Hall–Kier alpha value is -1.09. The van der Waals surface area contributed by atoms with E-state index in [-0.39, 0.29) is 5.54 Å². The largest absolute Gasteiger partial charge is 0.368 e. The minimum atomic E-state index is 0.135. The van der Waals surface area contributed by atoms with E-state index in [2.05, 4.69) is 55.9 Å². The first kappa shape index (κ1) is 15.3. The fourth-order valence-corrected chi connectivity index (χ4v) is 2.79. The molecule has 1 saturated heterocycles. The Morgan fingerprint density at radius 1 is 1.35 bits per heavy atom. The lowest BCUT2D eigenvalue weighted by molar-refractivity contribution is 0.422. The number of piperidine rings is 1. The van der Waals surface area contributed by atoms with Crippen LogP contribution in [0.15, 0.2) is 12.3 Å². The Labute approximate surface area is 123 Å². The zero-order valence-electron chi connectivity index (χ0n) is 13.7. The molecule has 1 fully saturated rings. The van der Waals surface area contributed by atoms with Crippen molar-refractivity contribution in [3.63, 3.8) is 0 Å². The van der Waals surface area contributed by atoms with Crippen molar-refractivity contribution in [3.8, 4) is 0 Å². The molecule has 0 bridgehead atoms. The number of hydrogen-bond acceptors (Lipinski definition) is 3. The Bertz CT molecular complexity index is 448. The van der Waals surface area contributed by atoms with Crippen LogP contribution in [0.4, 0.5) is 5.69 Å². The van der Waals surface area contributed by atoms with Crippen LogP contribution in [0.2, 0.25) is 0 Å². The van der Waals surface area contributed by atoms with Crippen molar-refractivity contribution in [2.45, 2.75) is 72.0 Å². The number of pyridine rings is 1. The van der Waals surface area contributed by atoms with Crippen molar-refractivity contribution in [2.24, 2.45) is 0 Å². The number of aromatic nitrogens is 1. The molecule has 20 heavy (non-hydrogen) atoms. The van der Waals surface area contributed by atoms with E-state index in [0.29, 0.717) is 6.04 Å². The highest BCUT2D eigenvalue weighted by Crippen LogP contribution is 2.28. The summed E-state index contributed by atoms with van der Waals surface area (Å²) in [6.07, 6.45) is 6.01. The van der Waals surface area contributed by atoms with Crippen LogP contribution in [-0.4, -0.2) is 23.1 Å². The minimum Gasteiger partial charge on any atom is -0.368 e. The zero-order valence-corrected chi connectivity index (χ0v) is 13.7.